The molecule has 2 fully saturated rings. The van der Waals surface area contributed by atoms with Gasteiger partial charge in [-0.15, -0.1) is 0 Å². The van der Waals surface area contributed by atoms with Crippen LogP contribution in [0.3, 0.4) is 0 Å². The first-order valence-corrected chi connectivity index (χ1v) is 12.2. The molecule has 190 valence electrons. The Hall–Kier alpha value is -3.05. The Labute approximate surface area is 213 Å². The highest BCUT2D eigenvalue weighted by molar-refractivity contribution is 8.18. The molecule has 0 aliphatic carbocycles. The molecular formula is C24H20ClF4N3O3S. The maximum Gasteiger partial charge on any atom is 0.420 e. The molecule has 6 nitrogen and oxygen atoms in total. The van der Waals surface area contributed by atoms with Crippen molar-refractivity contribution < 1.29 is 31.9 Å². The number of thioether (sulfide) groups is 1. The van der Waals surface area contributed by atoms with E-state index in [9.17, 15) is 27.2 Å². The van der Waals surface area contributed by atoms with E-state index in [1.807, 2.05) is 0 Å². The number of rotatable bonds is 7. The third-order valence-electron chi connectivity index (χ3n) is 5.38. The molecule has 2 aliphatic rings. The summed E-state index contributed by atoms with van der Waals surface area (Å²) < 4.78 is 59.6. The highest BCUT2D eigenvalue weighted by Gasteiger charge is 2.35. The second-order valence-electron chi connectivity index (χ2n) is 8.02. The second kappa shape index (κ2) is 10.9. The molecule has 4 rings (SSSR count). The fraction of sp³-hybridized carbons (Fsp3) is 0.292. The molecule has 0 aromatic heterocycles. The quantitative estimate of drug-likeness (QED) is 0.271. The zero-order valence-electron chi connectivity index (χ0n) is 18.7. The van der Waals surface area contributed by atoms with Crippen LogP contribution in [0.1, 0.15) is 30.4 Å². The molecule has 0 bridgehead atoms. The van der Waals surface area contributed by atoms with Crippen molar-refractivity contribution in [3.63, 3.8) is 0 Å². The van der Waals surface area contributed by atoms with E-state index in [4.69, 9.17) is 16.3 Å². The molecule has 2 heterocycles. The molecule has 0 atom stereocenters. The van der Waals surface area contributed by atoms with Crippen LogP contribution >= 0.6 is 23.4 Å². The minimum atomic E-state index is -4.74. The molecule has 0 unspecified atom stereocenters. The Morgan fingerprint density at radius 1 is 1.17 bits per heavy atom. The first kappa shape index (κ1) is 26.0. The van der Waals surface area contributed by atoms with Crippen LogP contribution in [0.2, 0.25) is 5.02 Å². The lowest BCUT2D eigenvalue weighted by molar-refractivity contribution is -0.138. The van der Waals surface area contributed by atoms with Crippen molar-refractivity contribution in [2.75, 3.05) is 19.6 Å². The summed E-state index contributed by atoms with van der Waals surface area (Å²) in [5.41, 5.74) is -0.808. The number of amidine groups is 1. The number of benzene rings is 2. The molecule has 2 aromatic carbocycles. The molecule has 0 radical (unpaired) electrons. The molecule has 2 aromatic rings. The van der Waals surface area contributed by atoms with Crippen molar-refractivity contribution in [2.45, 2.75) is 25.4 Å². The topological polar surface area (TPSA) is 71.0 Å². The van der Waals surface area contributed by atoms with Gasteiger partial charge < -0.3 is 15.0 Å². The summed E-state index contributed by atoms with van der Waals surface area (Å²) in [7, 11) is 0. The van der Waals surface area contributed by atoms with Crippen LogP contribution in [-0.2, 0) is 15.8 Å². The molecule has 12 heteroatoms. The molecule has 2 aliphatic heterocycles. The van der Waals surface area contributed by atoms with Crippen molar-refractivity contribution in [3.8, 4) is 11.5 Å². The fourth-order valence-electron chi connectivity index (χ4n) is 3.66. The summed E-state index contributed by atoms with van der Waals surface area (Å²) in [5.74, 6) is -2.15. The lowest BCUT2D eigenvalue weighted by atomic mass is 10.1. The Morgan fingerprint density at radius 2 is 1.94 bits per heavy atom. The van der Waals surface area contributed by atoms with Crippen LogP contribution in [0.5, 0.6) is 11.5 Å². The molecule has 0 saturated carbocycles. The van der Waals surface area contributed by atoms with Gasteiger partial charge >= 0.3 is 6.18 Å². The Morgan fingerprint density at radius 3 is 2.64 bits per heavy atom. The predicted octanol–water partition coefficient (Wildman–Crippen LogP) is 5.86. The molecule has 36 heavy (non-hydrogen) atoms. The first-order chi connectivity index (χ1) is 17.1. The van der Waals surface area contributed by atoms with E-state index in [1.165, 1.54) is 24.3 Å². The number of hydrogen-bond acceptors (Lipinski definition) is 5. The third-order valence-corrected chi connectivity index (χ3v) is 6.57. The lowest BCUT2D eigenvalue weighted by Gasteiger charge is -2.14. The first-order valence-electron chi connectivity index (χ1n) is 11.0. The molecule has 2 amide bonds. The number of halogens is 5. The number of nitrogens with zero attached hydrogens (tertiary/aromatic N) is 2. The van der Waals surface area contributed by atoms with Crippen LogP contribution in [0.15, 0.2) is 46.3 Å². The fourth-order valence-corrected chi connectivity index (χ4v) is 4.68. The number of nitrogens with one attached hydrogen (secondary N) is 1. The molecule has 0 spiro atoms. The summed E-state index contributed by atoms with van der Waals surface area (Å²) in [6.07, 6.45) is -1.17. The largest absolute Gasteiger partial charge is 0.454 e. The Balaban J connectivity index is 1.40. The van der Waals surface area contributed by atoms with Gasteiger partial charge in [-0.25, -0.2) is 4.39 Å². The number of aliphatic imine (C=N–C) groups is 1. The van der Waals surface area contributed by atoms with Crippen LogP contribution in [0.4, 0.5) is 17.6 Å². The van der Waals surface area contributed by atoms with Crippen LogP contribution in [0.25, 0.3) is 6.08 Å². The lowest BCUT2D eigenvalue weighted by Crippen LogP contribution is -2.26. The molecule has 1 N–H and O–H groups in total. The van der Waals surface area contributed by atoms with Crippen molar-refractivity contribution in [1.29, 1.82) is 0 Å². The van der Waals surface area contributed by atoms with Gasteiger partial charge in [-0.05, 0) is 66.6 Å². The normalized spacial score (nSPS) is 18.4. The smallest absolute Gasteiger partial charge is 0.420 e. The van der Waals surface area contributed by atoms with Crippen molar-refractivity contribution in [2.24, 2.45) is 4.99 Å². The van der Waals surface area contributed by atoms with Crippen LogP contribution < -0.4 is 10.1 Å². The average Bonchev–Trinajstić information content (AvgIpc) is 3.38. The van der Waals surface area contributed by atoms with Gasteiger partial charge in [0.05, 0.1) is 10.5 Å². The predicted molar refractivity (Wildman–Crippen MR) is 129 cm³/mol. The maximum absolute atomic E-state index is 14.6. The van der Waals surface area contributed by atoms with E-state index in [-0.39, 0.29) is 15.8 Å². The summed E-state index contributed by atoms with van der Waals surface area (Å²) in [4.78, 5) is 30.3. The number of alkyl halides is 3. The average molecular weight is 542 g/mol. The van der Waals surface area contributed by atoms with Gasteiger partial charge in [-0.1, -0.05) is 17.7 Å². The summed E-state index contributed by atoms with van der Waals surface area (Å²) in [6, 6.07) is 6.59. The van der Waals surface area contributed by atoms with Gasteiger partial charge in [0.2, 0.25) is 5.91 Å². The van der Waals surface area contributed by atoms with Crippen molar-refractivity contribution >= 4 is 46.4 Å². The number of likely N-dealkylation sites (tertiary alicyclic amines) is 1. The zero-order valence-corrected chi connectivity index (χ0v) is 20.3. The van der Waals surface area contributed by atoms with Gasteiger partial charge in [-0.2, -0.15) is 13.2 Å². The monoisotopic (exact) mass is 541 g/mol. The minimum absolute atomic E-state index is 0.130. The van der Waals surface area contributed by atoms with Gasteiger partial charge in [-0.3, -0.25) is 14.6 Å². The standard InChI is InChI=1S/C24H20ClF4N3O3S/c25-15-5-7-18(16(13-15)24(27,28)29)35-19-6-4-14(11-17(19)26)12-20-22(34)31-23(36-20)30-8-2-10-32-9-1-3-21(32)33/h4-7,11-13H,1-3,8-10H2,(H,30,31,34)/b20-12+. The Kier molecular flexibility index (Phi) is 7.89. The van der Waals surface area contributed by atoms with Crippen LogP contribution in [-0.4, -0.2) is 41.5 Å². The maximum atomic E-state index is 14.6. The molecule has 2 saturated heterocycles. The van der Waals surface area contributed by atoms with Gasteiger partial charge in [0, 0.05) is 31.1 Å². The third kappa shape index (κ3) is 6.38. The van der Waals surface area contributed by atoms with E-state index in [2.05, 4.69) is 10.3 Å². The number of carbonyl (C=O) groups is 2. The number of carbonyl (C=O) groups excluding carboxylic acids is 2. The van der Waals surface area contributed by atoms with Crippen LogP contribution in [0, 0.1) is 5.82 Å². The number of ether oxygens (including phenoxy) is 1. The number of amides is 2. The van der Waals surface area contributed by atoms with Gasteiger partial charge in [0.25, 0.3) is 5.91 Å². The van der Waals surface area contributed by atoms with E-state index in [0.29, 0.717) is 42.7 Å². The summed E-state index contributed by atoms with van der Waals surface area (Å²) in [6.45, 7) is 1.81. The Bertz CT molecular complexity index is 1250. The molecular weight excluding hydrogens is 522 g/mol. The van der Waals surface area contributed by atoms with Gasteiger partial charge in [0.15, 0.2) is 16.7 Å². The number of hydrogen-bond donors (Lipinski definition) is 1. The van der Waals surface area contributed by atoms with E-state index in [0.717, 1.165) is 36.9 Å². The van der Waals surface area contributed by atoms with Crippen molar-refractivity contribution in [3.05, 3.63) is 63.3 Å². The minimum Gasteiger partial charge on any atom is -0.454 e. The summed E-state index contributed by atoms with van der Waals surface area (Å²) >= 11 is 6.75. The van der Waals surface area contributed by atoms with E-state index >= 15 is 0 Å². The summed E-state index contributed by atoms with van der Waals surface area (Å²) in [5, 5.41) is 2.91. The highest BCUT2D eigenvalue weighted by Crippen LogP contribution is 2.40. The van der Waals surface area contributed by atoms with Crippen molar-refractivity contribution in [1.82, 2.24) is 10.2 Å². The van der Waals surface area contributed by atoms with Gasteiger partial charge in [0.1, 0.15) is 5.75 Å². The highest BCUT2D eigenvalue weighted by atomic mass is 35.5. The second-order valence-corrected chi connectivity index (χ2v) is 9.49. The van der Waals surface area contributed by atoms with E-state index in [1.54, 1.807) is 4.90 Å². The zero-order chi connectivity index (χ0) is 25.9. The SMILES string of the molecule is O=C1NC(=NCCCN2CCCC2=O)S/C1=C/c1ccc(Oc2ccc(Cl)cc2C(F)(F)F)c(F)c1. The van der Waals surface area contributed by atoms with E-state index < -0.39 is 35.0 Å².